The second kappa shape index (κ2) is 5.90. The third-order valence-electron chi connectivity index (χ3n) is 3.52. The smallest absolute Gasteiger partial charge is 0.292 e. The first-order chi connectivity index (χ1) is 9.92. The molecule has 1 aromatic rings. The Balaban J connectivity index is 2.23. The second-order valence-electron chi connectivity index (χ2n) is 5.25. The maximum absolute atomic E-state index is 11.9. The van der Waals surface area contributed by atoms with Crippen LogP contribution < -0.4 is 5.32 Å². The van der Waals surface area contributed by atoms with Crippen molar-refractivity contribution in [2.45, 2.75) is 26.3 Å². The van der Waals surface area contributed by atoms with Crippen molar-refractivity contribution in [3.05, 3.63) is 33.9 Å². The minimum absolute atomic E-state index is 0.0576. The Morgan fingerprint density at radius 2 is 1.95 bits per heavy atom. The Labute approximate surface area is 122 Å². The number of hydrogen-bond acceptors (Lipinski definition) is 5. The average molecular weight is 291 g/mol. The van der Waals surface area contributed by atoms with Crippen molar-refractivity contribution in [3.63, 3.8) is 0 Å². The molecule has 1 aliphatic rings. The van der Waals surface area contributed by atoms with Crippen LogP contribution in [0.4, 0.5) is 11.4 Å². The molecule has 1 aliphatic heterocycles. The summed E-state index contributed by atoms with van der Waals surface area (Å²) in [6.07, 6.45) is 0.671. The lowest BCUT2D eigenvalue weighted by Crippen LogP contribution is -2.42. The van der Waals surface area contributed by atoms with Crippen LogP contribution in [0.15, 0.2) is 18.2 Å². The molecule has 0 bridgehead atoms. The molecule has 0 unspecified atom stereocenters. The van der Waals surface area contributed by atoms with E-state index >= 15 is 0 Å². The molecule has 2 amide bonds. The molecule has 1 heterocycles. The fourth-order valence-electron chi connectivity index (χ4n) is 2.42. The Kier molecular flexibility index (Phi) is 4.21. The lowest BCUT2D eigenvalue weighted by Gasteiger charge is -2.28. The fraction of sp³-hybridized carbons (Fsp3) is 0.429. The van der Waals surface area contributed by atoms with Gasteiger partial charge in [0, 0.05) is 26.0 Å². The molecule has 0 atom stereocenters. The van der Waals surface area contributed by atoms with Gasteiger partial charge in [0.25, 0.3) is 5.69 Å². The van der Waals surface area contributed by atoms with Gasteiger partial charge in [-0.1, -0.05) is 13.0 Å². The number of nitro groups is 1. The van der Waals surface area contributed by atoms with Crippen LogP contribution in [0.2, 0.25) is 0 Å². The highest BCUT2D eigenvalue weighted by molar-refractivity contribution is 5.97. The van der Waals surface area contributed by atoms with Gasteiger partial charge in [-0.3, -0.25) is 24.6 Å². The topological polar surface area (TPSA) is 92.6 Å². The first-order valence-electron chi connectivity index (χ1n) is 6.70. The van der Waals surface area contributed by atoms with Gasteiger partial charge in [0.15, 0.2) is 0 Å². The first-order valence-corrected chi connectivity index (χ1v) is 6.70. The predicted octanol–water partition coefficient (Wildman–Crippen LogP) is 1.92. The van der Waals surface area contributed by atoms with Gasteiger partial charge in [0.05, 0.1) is 11.5 Å². The van der Waals surface area contributed by atoms with Gasteiger partial charge in [-0.2, -0.15) is 0 Å². The van der Waals surface area contributed by atoms with Crippen molar-refractivity contribution in [2.24, 2.45) is 5.92 Å². The molecule has 0 spiro atoms. The zero-order chi connectivity index (χ0) is 15.6. The lowest BCUT2D eigenvalue weighted by molar-refractivity contribution is -0.384. The van der Waals surface area contributed by atoms with Crippen LogP contribution in [0.3, 0.4) is 0 Å². The largest absolute Gasteiger partial charge is 0.383 e. The number of amides is 2. The van der Waals surface area contributed by atoms with Crippen molar-refractivity contribution >= 4 is 23.2 Å². The second-order valence-corrected chi connectivity index (χ2v) is 5.25. The summed E-state index contributed by atoms with van der Waals surface area (Å²) in [7, 11) is 1.60. The third kappa shape index (κ3) is 3.18. The number of carbonyl (C=O) groups is 2. The number of hydrogen-bond donors (Lipinski definition) is 1. The summed E-state index contributed by atoms with van der Waals surface area (Å²) < 4.78 is 0. The minimum Gasteiger partial charge on any atom is -0.383 e. The van der Waals surface area contributed by atoms with Crippen molar-refractivity contribution < 1.29 is 14.5 Å². The Hall–Kier alpha value is -2.44. The van der Waals surface area contributed by atoms with Gasteiger partial charge in [-0.25, -0.2) is 0 Å². The lowest BCUT2D eigenvalue weighted by atomic mass is 9.97. The summed E-state index contributed by atoms with van der Waals surface area (Å²) in [6, 6.07) is 4.65. The number of likely N-dealkylation sites (tertiary alicyclic amines) is 1. The van der Waals surface area contributed by atoms with Crippen LogP contribution in [0.5, 0.6) is 0 Å². The maximum Gasteiger partial charge on any atom is 0.292 e. The van der Waals surface area contributed by atoms with E-state index in [1.54, 1.807) is 19.2 Å². The highest BCUT2D eigenvalue weighted by Crippen LogP contribution is 2.27. The van der Waals surface area contributed by atoms with Crippen molar-refractivity contribution in [1.29, 1.82) is 0 Å². The summed E-state index contributed by atoms with van der Waals surface area (Å²) in [5, 5.41) is 13.8. The van der Waals surface area contributed by atoms with E-state index in [0.29, 0.717) is 24.1 Å². The van der Waals surface area contributed by atoms with Crippen LogP contribution in [0.1, 0.15) is 25.3 Å². The molecule has 0 radical (unpaired) electrons. The van der Waals surface area contributed by atoms with Crippen LogP contribution >= 0.6 is 0 Å². The molecule has 0 aliphatic carbocycles. The monoisotopic (exact) mass is 291 g/mol. The normalized spacial score (nSPS) is 16.2. The molecule has 21 heavy (non-hydrogen) atoms. The summed E-state index contributed by atoms with van der Waals surface area (Å²) >= 11 is 0. The Bertz CT molecular complexity index is 582. The molecule has 0 aromatic heterocycles. The van der Waals surface area contributed by atoms with E-state index in [1.807, 2.05) is 6.92 Å². The molecule has 7 heteroatoms. The summed E-state index contributed by atoms with van der Waals surface area (Å²) in [6.45, 7) is 1.94. The maximum atomic E-state index is 11.9. The number of nitro benzene ring substituents is 1. The molecular weight excluding hydrogens is 274 g/mol. The molecule has 1 aromatic carbocycles. The van der Waals surface area contributed by atoms with Gasteiger partial charge in [-0.05, 0) is 17.5 Å². The first kappa shape index (κ1) is 15.0. The van der Waals surface area contributed by atoms with E-state index in [0.717, 1.165) is 0 Å². The minimum atomic E-state index is -0.489. The van der Waals surface area contributed by atoms with E-state index in [2.05, 4.69) is 5.32 Å². The molecule has 2 rings (SSSR count). The molecule has 1 fully saturated rings. The van der Waals surface area contributed by atoms with E-state index in [-0.39, 0.29) is 30.0 Å². The van der Waals surface area contributed by atoms with Gasteiger partial charge in [0.1, 0.15) is 5.69 Å². The molecule has 112 valence electrons. The number of piperidine rings is 1. The molecule has 7 nitrogen and oxygen atoms in total. The summed E-state index contributed by atoms with van der Waals surface area (Å²) in [5.74, 6) is -0.388. The molecule has 0 saturated carbocycles. The van der Waals surface area contributed by atoms with Crippen LogP contribution in [0, 0.1) is 16.0 Å². The fourth-order valence-corrected chi connectivity index (χ4v) is 2.42. The predicted molar refractivity (Wildman–Crippen MR) is 76.6 cm³/mol. The van der Waals surface area contributed by atoms with Gasteiger partial charge < -0.3 is 5.32 Å². The quantitative estimate of drug-likeness (QED) is 0.519. The van der Waals surface area contributed by atoms with Gasteiger partial charge >= 0.3 is 0 Å². The van der Waals surface area contributed by atoms with Gasteiger partial charge in [0.2, 0.25) is 11.8 Å². The molecular formula is C14H17N3O4. The summed E-state index contributed by atoms with van der Waals surface area (Å²) in [4.78, 5) is 35.5. The van der Waals surface area contributed by atoms with E-state index in [4.69, 9.17) is 0 Å². The average Bonchev–Trinajstić information content (AvgIpc) is 2.42. The zero-order valence-electron chi connectivity index (χ0n) is 12.0. The van der Waals surface area contributed by atoms with Crippen molar-refractivity contribution in [2.75, 3.05) is 12.4 Å². The Morgan fingerprint density at radius 1 is 1.33 bits per heavy atom. The van der Waals surface area contributed by atoms with Gasteiger partial charge in [-0.15, -0.1) is 0 Å². The van der Waals surface area contributed by atoms with Crippen LogP contribution in [-0.4, -0.2) is 28.7 Å². The highest BCUT2D eigenvalue weighted by atomic mass is 16.6. The number of benzene rings is 1. The zero-order valence-corrected chi connectivity index (χ0v) is 12.0. The summed E-state index contributed by atoms with van der Waals surface area (Å²) in [5.41, 5.74) is 0.894. The third-order valence-corrected chi connectivity index (χ3v) is 3.52. The van der Waals surface area contributed by atoms with E-state index < -0.39 is 4.92 Å². The standard InChI is InChI=1S/C14H17N3O4/c1-9-5-13(18)16(14(19)6-9)8-10-3-4-11(15-2)12(7-10)17(20)21/h3-4,7,9,15H,5-6,8H2,1-2H3. The highest BCUT2D eigenvalue weighted by Gasteiger charge is 2.30. The molecule has 1 N–H and O–H groups in total. The number of anilines is 1. The van der Waals surface area contributed by atoms with Crippen LogP contribution in [0.25, 0.3) is 0 Å². The van der Waals surface area contributed by atoms with Crippen LogP contribution in [-0.2, 0) is 16.1 Å². The number of rotatable bonds is 4. The number of nitrogens with one attached hydrogen (secondary N) is 1. The number of imide groups is 1. The molecule has 1 saturated heterocycles. The number of carbonyl (C=O) groups excluding carboxylic acids is 2. The SMILES string of the molecule is CNc1ccc(CN2C(=O)CC(C)CC2=O)cc1[N+](=O)[O-]. The number of nitrogens with zero attached hydrogens (tertiary/aromatic N) is 2. The van der Waals surface area contributed by atoms with E-state index in [1.165, 1.54) is 11.0 Å². The van der Waals surface area contributed by atoms with E-state index in [9.17, 15) is 19.7 Å². The van der Waals surface area contributed by atoms with Crippen molar-refractivity contribution in [3.8, 4) is 0 Å². The van der Waals surface area contributed by atoms with Crippen molar-refractivity contribution in [1.82, 2.24) is 4.90 Å². The Morgan fingerprint density at radius 3 is 2.48 bits per heavy atom.